The zero-order chi connectivity index (χ0) is 29.9. The first-order valence-electron chi connectivity index (χ1n) is 15.3. The second-order valence-corrected chi connectivity index (χ2v) is 16.9. The van der Waals surface area contributed by atoms with Crippen LogP contribution in [0.3, 0.4) is 0 Å². The third-order valence-electron chi connectivity index (χ3n) is 9.75. The lowest BCUT2D eigenvalue weighted by Crippen LogP contribution is -2.44. The minimum Gasteiger partial charge on any atom is -0.385 e. The summed E-state index contributed by atoms with van der Waals surface area (Å²) >= 11 is 0. The van der Waals surface area contributed by atoms with Gasteiger partial charge in [0.25, 0.3) is 0 Å². The molecule has 2 atom stereocenters. The third kappa shape index (κ3) is 6.57. The molecule has 2 aromatic carbocycles. The number of carbonyl (C=O) groups excluding carboxylic acids is 1. The van der Waals surface area contributed by atoms with Crippen LogP contribution in [0.4, 0.5) is 0 Å². The fourth-order valence-electron chi connectivity index (χ4n) is 9.41. The Bertz CT molecular complexity index is 1090. The predicted molar refractivity (Wildman–Crippen MR) is 165 cm³/mol. The van der Waals surface area contributed by atoms with Gasteiger partial charge in [-0.15, -0.1) is 0 Å². The second-order valence-electron chi connectivity index (χ2n) is 16.9. The van der Waals surface area contributed by atoms with Crippen LogP contribution in [0.5, 0.6) is 0 Å². The Morgan fingerprint density at radius 2 is 0.775 bits per heavy atom. The van der Waals surface area contributed by atoms with Crippen LogP contribution in [-0.4, -0.2) is 16.0 Å². The van der Waals surface area contributed by atoms with Gasteiger partial charge in [-0.3, -0.25) is 4.79 Å². The van der Waals surface area contributed by atoms with Crippen molar-refractivity contribution >= 4 is 5.78 Å². The lowest BCUT2D eigenvalue weighted by molar-refractivity contribution is -0.121. The second kappa shape index (κ2) is 10.1. The number of carbonyl (C=O) groups is 1. The molecule has 0 bridgehead atoms. The molecule has 0 amide bonds. The van der Waals surface area contributed by atoms with Gasteiger partial charge in [-0.1, -0.05) is 118 Å². The van der Waals surface area contributed by atoms with Crippen molar-refractivity contribution in [3.63, 3.8) is 0 Å². The number of rotatable bonds is 6. The van der Waals surface area contributed by atoms with Crippen LogP contribution in [0.15, 0.2) is 48.5 Å². The smallest absolute Gasteiger partial charge is 0.147 e. The van der Waals surface area contributed by atoms with E-state index in [9.17, 15) is 15.0 Å². The van der Waals surface area contributed by atoms with E-state index in [-0.39, 0.29) is 39.3 Å². The van der Waals surface area contributed by atoms with Crippen molar-refractivity contribution in [1.82, 2.24) is 0 Å². The van der Waals surface area contributed by atoms with E-state index in [1.807, 2.05) is 62.4 Å². The molecule has 0 aromatic heterocycles. The zero-order valence-corrected chi connectivity index (χ0v) is 26.8. The van der Waals surface area contributed by atoms with E-state index in [2.05, 4.69) is 55.4 Å². The van der Waals surface area contributed by atoms with E-state index in [0.29, 0.717) is 0 Å². The summed E-state index contributed by atoms with van der Waals surface area (Å²) in [5, 5.41) is 23.4. The zero-order valence-electron chi connectivity index (χ0n) is 26.8. The average Bonchev–Trinajstić information content (AvgIpc) is 2.78. The van der Waals surface area contributed by atoms with Crippen molar-refractivity contribution in [2.75, 3.05) is 0 Å². The van der Waals surface area contributed by atoms with E-state index in [1.54, 1.807) is 0 Å². The number of hydrogen-bond donors (Lipinski definition) is 2. The Kier molecular flexibility index (Phi) is 7.81. The van der Waals surface area contributed by atoms with Crippen molar-refractivity contribution < 1.29 is 15.0 Å². The summed E-state index contributed by atoms with van der Waals surface area (Å²) in [4.78, 5) is 13.6. The van der Waals surface area contributed by atoms with Crippen molar-refractivity contribution in [3.8, 4) is 0 Å². The molecule has 2 N–H and O–H groups in total. The number of benzene rings is 2. The Morgan fingerprint density at radius 3 is 1.02 bits per heavy atom. The molecule has 4 rings (SSSR count). The SMILES string of the molecule is CC(C(=O)C(C)c1ccc(C2(O)CC(C)(C)CC(C)(C)C2)cc1)c1ccc(C2(O)CC(C)(C)CC(C)(C)C2)cc1. The molecule has 2 aliphatic carbocycles. The summed E-state index contributed by atoms with van der Waals surface area (Å²) in [5.41, 5.74) is 2.46. The Morgan fingerprint density at radius 1 is 0.525 bits per heavy atom. The average molecular weight is 547 g/mol. The normalized spacial score (nSPS) is 25.5. The first kappa shape index (κ1) is 31.0. The van der Waals surface area contributed by atoms with E-state index in [1.165, 1.54) is 0 Å². The summed E-state index contributed by atoms with van der Waals surface area (Å²) < 4.78 is 0. The molecule has 2 saturated carbocycles. The van der Waals surface area contributed by atoms with E-state index in [0.717, 1.165) is 60.8 Å². The Balaban J connectivity index is 1.48. The van der Waals surface area contributed by atoms with Crippen molar-refractivity contribution in [2.24, 2.45) is 21.7 Å². The topological polar surface area (TPSA) is 57.5 Å². The molecule has 0 saturated heterocycles. The summed E-state index contributed by atoms with van der Waals surface area (Å²) in [6.07, 6.45) is 5.17. The molecular weight excluding hydrogens is 492 g/mol. The van der Waals surface area contributed by atoms with Crippen molar-refractivity contribution in [1.29, 1.82) is 0 Å². The highest BCUT2D eigenvalue weighted by Gasteiger charge is 2.48. The van der Waals surface area contributed by atoms with Gasteiger partial charge in [-0.25, -0.2) is 0 Å². The van der Waals surface area contributed by atoms with Gasteiger partial charge in [0.1, 0.15) is 5.78 Å². The number of ketones is 1. The van der Waals surface area contributed by atoms with Gasteiger partial charge in [-0.2, -0.15) is 0 Å². The molecule has 3 heteroatoms. The quantitative estimate of drug-likeness (QED) is 0.380. The lowest BCUT2D eigenvalue weighted by Gasteiger charge is -2.50. The number of Topliss-reactive ketones (excluding diaryl/α,β-unsaturated/α-hetero) is 1. The fourth-order valence-corrected chi connectivity index (χ4v) is 9.41. The van der Waals surface area contributed by atoms with Crippen LogP contribution < -0.4 is 0 Å². The highest BCUT2D eigenvalue weighted by atomic mass is 16.3. The minimum atomic E-state index is -0.848. The highest BCUT2D eigenvalue weighted by molar-refractivity contribution is 5.91. The first-order valence-corrected chi connectivity index (χ1v) is 15.3. The maximum absolute atomic E-state index is 13.6. The van der Waals surface area contributed by atoms with Gasteiger partial charge in [0.2, 0.25) is 0 Å². The summed E-state index contributed by atoms with van der Waals surface area (Å²) in [5.74, 6) is -0.318. The van der Waals surface area contributed by atoms with Crippen LogP contribution in [0.25, 0.3) is 0 Å². The number of hydrogen-bond acceptors (Lipinski definition) is 3. The van der Waals surface area contributed by atoms with Gasteiger partial charge in [0.15, 0.2) is 0 Å². The van der Waals surface area contributed by atoms with Gasteiger partial charge >= 0.3 is 0 Å². The lowest BCUT2D eigenvalue weighted by atomic mass is 9.58. The standard InChI is InChI=1S/C37H54O3/c1-25(27-11-15-29(16-12-27)36(39)21-32(3,4)19-33(5,6)22-36)31(38)26(2)28-13-17-30(18-14-28)37(40)23-34(7,8)20-35(9,10)24-37/h11-18,25-26,39-40H,19-24H2,1-10H3. The van der Waals surface area contributed by atoms with E-state index < -0.39 is 11.2 Å². The molecule has 2 fully saturated rings. The number of aliphatic hydroxyl groups is 2. The van der Waals surface area contributed by atoms with Gasteiger partial charge in [-0.05, 0) is 82.4 Å². The summed E-state index contributed by atoms with van der Waals surface area (Å²) in [6.45, 7) is 22.0. The predicted octanol–water partition coefficient (Wildman–Crippen LogP) is 9.01. The molecule has 2 aliphatic rings. The Hall–Kier alpha value is -1.97. The molecular formula is C37H54O3. The fraction of sp³-hybridized carbons (Fsp3) is 0.649. The van der Waals surface area contributed by atoms with Gasteiger partial charge in [0.05, 0.1) is 11.2 Å². The maximum Gasteiger partial charge on any atom is 0.147 e. The molecule has 0 radical (unpaired) electrons. The molecule has 40 heavy (non-hydrogen) atoms. The van der Waals surface area contributed by atoms with E-state index >= 15 is 0 Å². The van der Waals surface area contributed by atoms with E-state index in [4.69, 9.17) is 0 Å². The minimum absolute atomic E-state index is 0.0719. The van der Waals surface area contributed by atoms with Crippen molar-refractivity contribution in [2.45, 2.75) is 131 Å². The van der Waals surface area contributed by atoms with Crippen LogP contribution in [0.1, 0.15) is 142 Å². The van der Waals surface area contributed by atoms with Crippen LogP contribution >= 0.6 is 0 Å². The summed E-state index contributed by atoms with van der Waals surface area (Å²) in [7, 11) is 0. The van der Waals surface area contributed by atoms with Crippen LogP contribution in [-0.2, 0) is 16.0 Å². The molecule has 0 heterocycles. The van der Waals surface area contributed by atoms with Crippen LogP contribution in [0.2, 0.25) is 0 Å². The monoisotopic (exact) mass is 546 g/mol. The molecule has 0 aliphatic heterocycles. The van der Waals surface area contributed by atoms with Crippen molar-refractivity contribution in [3.05, 3.63) is 70.8 Å². The highest BCUT2D eigenvalue weighted by Crippen LogP contribution is 2.55. The van der Waals surface area contributed by atoms with Crippen LogP contribution in [0, 0.1) is 21.7 Å². The van der Waals surface area contributed by atoms with Gasteiger partial charge in [0, 0.05) is 11.8 Å². The molecule has 220 valence electrons. The Labute approximate surface area is 243 Å². The molecule has 3 nitrogen and oxygen atoms in total. The van der Waals surface area contributed by atoms with Gasteiger partial charge < -0.3 is 10.2 Å². The first-order chi connectivity index (χ1) is 18.2. The maximum atomic E-state index is 13.6. The third-order valence-corrected chi connectivity index (χ3v) is 9.75. The molecule has 2 aromatic rings. The largest absolute Gasteiger partial charge is 0.385 e. The molecule has 0 spiro atoms. The summed E-state index contributed by atoms with van der Waals surface area (Å²) in [6, 6.07) is 16.2. The molecule has 2 unspecified atom stereocenters.